The Kier molecular flexibility index (Phi) is 8.03. The smallest absolute Gasteiger partial charge is 0.182 e. The number of hydrogen-bond donors (Lipinski definition) is 1. The molecule has 1 aromatic carbocycles. The van der Waals surface area contributed by atoms with Crippen molar-refractivity contribution in [2.24, 2.45) is 0 Å². The van der Waals surface area contributed by atoms with Gasteiger partial charge in [-0.1, -0.05) is 70.4 Å². The molecule has 0 atom stereocenters. The predicted octanol–water partition coefficient (Wildman–Crippen LogP) is 5.42. The number of aromatic nitrogens is 3. The molecule has 0 aliphatic heterocycles. The van der Waals surface area contributed by atoms with E-state index in [-0.39, 0.29) is 0 Å². The molecule has 1 N–H and O–H groups in total. The molecule has 0 fully saturated rings. The lowest BCUT2D eigenvalue weighted by Crippen LogP contribution is -1.90. The van der Waals surface area contributed by atoms with Crippen molar-refractivity contribution in [3.05, 3.63) is 35.7 Å². The van der Waals surface area contributed by atoms with Crippen LogP contribution < -0.4 is 0 Å². The van der Waals surface area contributed by atoms with Crippen LogP contribution in [0, 0.1) is 11.3 Å². The van der Waals surface area contributed by atoms with Crippen molar-refractivity contribution in [3.8, 4) is 17.5 Å². The maximum Gasteiger partial charge on any atom is 0.182 e. The third-order valence-electron chi connectivity index (χ3n) is 4.34. The Morgan fingerprint density at radius 1 is 0.958 bits per heavy atom. The summed E-state index contributed by atoms with van der Waals surface area (Å²) >= 11 is 0. The number of benzene rings is 1. The largest absolute Gasteiger partial charge is 0.263 e. The molecular weight excluding hydrogens is 296 g/mol. The van der Waals surface area contributed by atoms with Crippen LogP contribution in [0.25, 0.3) is 11.4 Å². The van der Waals surface area contributed by atoms with Crippen molar-refractivity contribution >= 4 is 0 Å². The van der Waals surface area contributed by atoms with E-state index in [1.54, 1.807) is 6.07 Å². The maximum absolute atomic E-state index is 9.16. The van der Waals surface area contributed by atoms with Gasteiger partial charge in [-0.2, -0.15) is 10.4 Å². The van der Waals surface area contributed by atoms with Crippen LogP contribution in [0.1, 0.15) is 76.1 Å². The molecule has 1 aromatic heterocycles. The molecule has 128 valence electrons. The van der Waals surface area contributed by atoms with Crippen molar-refractivity contribution in [1.82, 2.24) is 15.2 Å². The average Bonchev–Trinajstić information content (AvgIpc) is 3.09. The fourth-order valence-electron chi connectivity index (χ4n) is 2.91. The Bertz CT molecular complexity index is 639. The van der Waals surface area contributed by atoms with Crippen LogP contribution >= 0.6 is 0 Å². The quantitative estimate of drug-likeness (QED) is 0.561. The number of nitrogens with one attached hydrogen (secondary N) is 1. The minimum absolute atomic E-state index is 0.617. The number of rotatable bonds is 11. The molecule has 0 spiro atoms. The highest BCUT2D eigenvalue weighted by molar-refractivity contribution is 5.63. The second-order valence-electron chi connectivity index (χ2n) is 6.34. The SMILES string of the molecule is CCCCCCCCCCCc1nc(-c2ccccc2C#N)n[nH]1. The first-order valence-corrected chi connectivity index (χ1v) is 9.26. The van der Waals surface area contributed by atoms with Gasteiger partial charge in [-0.05, 0) is 18.6 Å². The lowest BCUT2D eigenvalue weighted by molar-refractivity contribution is 0.562. The molecule has 4 nitrogen and oxygen atoms in total. The Morgan fingerprint density at radius 2 is 1.62 bits per heavy atom. The van der Waals surface area contributed by atoms with E-state index < -0.39 is 0 Å². The molecule has 2 rings (SSSR count). The second-order valence-corrected chi connectivity index (χ2v) is 6.34. The number of nitriles is 1. The third kappa shape index (κ3) is 5.81. The van der Waals surface area contributed by atoms with E-state index in [1.807, 2.05) is 18.2 Å². The fraction of sp³-hybridized carbons (Fsp3) is 0.550. The Labute approximate surface area is 145 Å². The third-order valence-corrected chi connectivity index (χ3v) is 4.34. The summed E-state index contributed by atoms with van der Waals surface area (Å²) in [5.41, 5.74) is 1.42. The van der Waals surface area contributed by atoms with Gasteiger partial charge < -0.3 is 0 Å². The highest BCUT2D eigenvalue weighted by atomic mass is 15.2. The van der Waals surface area contributed by atoms with E-state index in [2.05, 4.69) is 28.2 Å². The number of H-pyrrole nitrogens is 1. The van der Waals surface area contributed by atoms with Gasteiger partial charge in [0.2, 0.25) is 0 Å². The van der Waals surface area contributed by atoms with Crippen LogP contribution in [0.3, 0.4) is 0 Å². The van der Waals surface area contributed by atoms with Crippen LogP contribution in [0.5, 0.6) is 0 Å². The topological polar surface area (TPSA) is 65.4 Å². The lowest BCUT2D eigenvalue weighted by Gasteiger charge is -2.01. The summed E-state index contributed by atoms with van der Waals surface area (Å²) in [6.07, 6.45) is 12.8. The average molecular weight is 324 g/mol. The second kappa shape index (κ2) is 10.6. The highest BCUT2D eigenvalue weighted by Gasteiger charge is 2.09. The number of unbranched alkanes of at least 4 members (excludes halogenated alkanes) is 8. The number of aromatic amines is 1. The summed E-state index contributed by atoms with van der Waals surface area (Å²) in [6, 6.07) is 9.65. The fourth-order valence-corrected chi connectivity index (χ4v) is 2.91. The molecule has 2 aromatic rings. The van der Waals surface area contributed by atoms with Crippen molar-refractivity contribution in [2.75, 3.05) is 0 Å². The predicted molar refractivity (Wildman–Crippen MR) is 97.5 cm³/mol. The normalized spacial score (nSPS) is 10.7. The molecule has 24 heavy (non-hydrogen) atoms. The van der Waals surface area contributed by atoms with Crippen molar-refractivity contribution in [3.63, 3.8) is 0 Å². The van der Waals surface area contributed by atoms with E-state index in [9.17, 15) is 0 Å². The molecule has 0 unspecified atom stereocenters. The molecule has 0 saturated carbocycles. The van der Waals surface area contributed by atoms with Gasteiger partial charge in [0.25, 0.3) is 0 Å². The molecule has 0 amide bonds. The van der Waals surface area contributed by atoms with Crippen LogP contribution in [-0.2, 0) is 6.42 Å². The molecule has 1 heterocycles. The van der Waals surface area contributed by atoms with Gasteiger partial charge in [0.1, 0.15) is 5.82 Å². The van der Waals surface area contributed by atoms with Gasteiger partial charge in [0.05, 0.1) is 11.6 Å². The Hall–Kier alpha value is -2.15. The first-order chi connectivity index (χ1) is 11.8. The molecule has 0 radical (unpaired) electrons. The summed E-state index contributed by atoms with van der Waals surface area (Å²) in [5.74, 6) is 1.54. The maximum atomic E-state index is 9.16. The Morgan fingerprint density at radius 3 is 2.33 bits per heavy atom. The van der Waals surface area contributed by atoms with Gasteiger partial charge in [-0.3, -0.25) is 5.10 Å². The molecular formula is C20H28N4. The first-order valence-electron chi connectivity index (χ1n) is 9.26. The van der Waals surface area contributed by atoms with Crippen molar-refractivity contribution in [2.45, 2.75) is 71.1 Å². The van der Waals surface area contributed by atoms with E-state index >= 15 is 0 Å². The molecule has 0 saturated heterocycles. The van der Waals surface area contributed by atoms with Crippen LogP contribution in [0.2, 0.25) is 0 Å². The van der Waals surface area contributed by atoms with Crippen LogP contribution in [-0.4, -0.2) is 15.2 Å². The van der Waals surface area contributed by atoms with Crippen LogP contribution in [0.15, 0.2) is 24.3 Å². The monoisotopic (exact) mass is 324 g/mol. The van der Waals surface area contributed by atoms with Crippen LogP contribution in [0.4, 0.5) is 0 Å². The van der Waals surface area contributed by atoms with Crippen molar-refractivity contribution < 1.29 is 0 Å². The molecule has 0 aliphatic rings. The Balaban J connectivity index is 1.68. The van der Waals surface area contributed by atoms with E-state index in [0.717, 1.165) is 24.2 Å². The molecule has 0 bridgehead atoms. The van der Waals surface area contributed by atoms with Gasteiger partial charge in [-0.15, -0.1) is 0 Å². The summed E-state index contributed by atoms with van der Waals surface area (Å²) in [4.78, 5) is 4.54. The minimum atomic E-state index is 0.617. The van der Waals surface area contributed by atoms with E-state index in [4.69, 9.17) is 5.26 Å². The van der Waals surface area contributed by atoms with Gasteiger partial charge in [0, 0.05) is 12.0 Å². The minimum Gasteiger partial charge on any atom is -0.263 e. The highest BCUT2D eigenvalue weighted by Crippen LogP contribution is 2.19. The summed E-state index contributed by atoms with van der Waals surface area (Å²) in [7, 11) is 0. The molecule has 0 aliphatic carbocycles. The van der Waals surface area contributed by atoms with Gasteiger partial charge in [-0.25, -0.2) is 4.98 Å². The number of aryl methyl sites for hydroxylation is 1. The lowest BCUT2D eigenvalue weighted by atomic mass is 10.1. The van der Waals surface area contributed by atoms with E-state index in [1.165, 1.54) is 51.4 Å². The first kappa shape index (κ1) is 18.2. The summed E-state index contributed by atoms with van der Waals surface area (Å²) in [5, 5.41) is 16.4. The standard InChI is InChI=1S/C20H28N4/c1-2-3-4-5-6-7-8-9-10-15-19-22-20(24-23-19)18-14-12-11-13-17(18)16-21/h11-14H,2-10,15H2,1H3,(H,22,23,24). The van der Waals surface area contributed by atoms with Gasteiger partial charge in [0.15, 0.2) is 5.82 Å². The zero-order valence-electron chi connectivity index (χ0n) is 14.7. The zero-order valence-corrected chi connectivity index (χ0v) is 14.7. The van der Waals surface area contributed by atoms with Crippen molar-refractivity contribution in [1.29, 1.82) is 5.26 Å². The zero-order chi connectivity index (χ0) is 17.0. The van der Waals surface area contributed by atoms with E-state index in [0.29, 0.717) is 11.4 Å². The number of hydrogen-bond acceptors (Lipinski definition) is 3. The van der Waals surface area contributed by atoms with Gasteiger partial charge >= 0.3 is 0 Å². The summed E-state index contributed by atoms with van der Waals surface area (Å²) < 4.78 is 0. The molecule has 4 heteroatoms. The number of nitrogens with zero attached hydrogens (tertiary/aromatic N) is 3. The summed E-state index contributed by atoms with van der Waals surface area (Å²) in [6.45, 7) is 2.26.